The van der Waals surface area contributed by atoms with E-state index in [-0.39, 0.29) is 31.3 Å². The number of esters is 1. The zero-order valence-corrected chi connectivity index (χ0v) is 44.7. The van der Waals surface area contributed by atoms with E-state index in [1.807, 2.05) is 6.08 Å². The van der Waals surface area contributed by atoms with E-state index in [1.165, 1.54) is 135 Å². The number of ether oxygens (including phenoxy) is 1. The van der Waals surface area contributed by atoms with Crippen LogP contribution in [0.5, 0.6) is 0 Å². The molecule has 0 heterocycles. The van der Waals surface area contributed by atoms with E-state index in [1.54, 1.807) is 0 Å². The zero-order chi connectivity index (χ0) is 49.5. The molecule has 6 nitrogen and oxygen atoms in total. The molecule has 6 heteroatoms. The minimum Gasteiger partial charge on any atom is -0.462 e. The van der Waals surface area contributed by atoms with Crippen LogP contribution in [0.4, 0.5) is 0 Å². The number of hydrogen-bond acceptors (Lipinski definition) is 5. The van der Waals surface area contributed by atoms with Gasteiger partial charge in [-0.15, -0.1) is 0 Å². The van der Waals surface area contributed by atoms with Crippen LogP contribution in [0.25, 0.3) is 0 Å². The normalized spacial score (nSPS) is 13.8. The summed E-state index contributed by atoms with van der Waals surface area (Å²) in [6, 6.07) is -0.730. The van der Waals surface area contributed by atoms with Crippen molar-refractivity contribution in [3.05, 3.63) is 85.1 Å². The number of aliphatic hydroxyl groups excluding tert-OH is 2. The average molecular weight is 949 g/mol. The van der Waals surface area contributed by atoms with Gasteiger partial charge in [0.05, 0.1) is 25.2 Å². The Morgan fingerprint density at radius 3 is 1.28 bits per heavy atom. The van der Waals surface area contributed by atoms with Crippen molar-refractivity contribution in [3.8, 4) is 0 Å². The van der Waals surface area contributed by atoms with Crippen molar-refractivity contribution < 1.29 is 24.5 Å². The molecule has 0 aromatic rings. The number of aliphatic hydroxyl groups is 2. The van der Waals surface area contributed by atoms with Crippen molar-refractivity contribution in [2.45, 2.75) is 289 Å². The number of hydrogen-bond donors (Lipinski definition) is 3. The first kappa shape index (κ1) is 65.0. The molecule has 1 amide bonds. The minimum atomic E-state index is -0.812. The van der Waals surface area contributed by atoms with Crippen molar-refractivity contribution in [2.75, 3.05) is 6.61 Å². The predicted molar refractivity (Wildman–Crippen MR) is 296 cm³/mol. The van der Waals surface area contributed by atoms with Gasteiger partial charge in [-0.1, -0.05) is 260 Å². The first-order valence-electron chi connectivity index (χ1n) is 28.8. The number of carbonyl (C=O) groups excluding carboxylic acids is 2. The molecule has 3 unspecified atom stereocenters. The molecule has 0 aromatic carbocycles. The van der Waals surface area contributed by atoms with E-state index in [0.717, 1.165) is 83.5 Å². The molecular weight excluding hydrogens is 839 g/mol. The van der Waals surface area contributed by atoms with Crippen LogP contribution in [0.2, 0.25) is 0 Å². The van der Waals surface area contributed by atoms with Gasteiger partial charge in [0, 0.05) is 6.42 Å². The van der Waals surface area contributed by atoms with E-state index >= 15 is 0 Å². The lowest BCUT2D eigenvalue weighted by Crippen LogP contribution is -2.46. The maximum Gasteiger partial charge on any atom is 0.306 e. The molecule has 0 rings (SSSR count). The van der Waals surface area contributed by atoms with Crippen LogP contribution >= 0.6 is 0 Å². The maximum absolute atomic E-state index is 13.3. The van der Waals surface area contributed by atoms with Gasteiger partial charge in [0.15, 0.2) is 0 Å². The molecule has 0 radical (unpaired) electrons. The lowest BCUT2D eigenvalue weighted by atomic mass is 10.0. The zero-order valence-electron chi connectivity index (χ0n) is 44.7. The van der Waals surface area contributed by atoms with Gasteiger partial charge >= 0.3 is 5.97 Å². The molecule has 0 bridgehead atoms. The van der Waals surface area contributed by atoms with Crippen LogP contribution in [-0.4, -0.2) is 46.9 Å². The summed E-state index contributed by atoms with van der Waals surface area (Å²) in [7, 11) is 0. The third kappa shape index (κ3) is 49.5. The second-order valence-corrected chi connectivity index (χ2v) is 19.3. The molecule has 0 aliphatic heterocycles. The van der Waals surface area contributed by atoms with Crippen molar-refractivity contribution in [2.24, 2.45) is 0 Å². The van der Waals surface area contributed by atoms with Gasteiger partial charge in [0.2, 0.25) is 5.91 Å². The molecular formula is C62H109NO5. The van der Waals surface area contributed by atoms with Gasteiger partial charge in [-0.3, -0.25) is 9.59 Å². The molecule has 0 aliphatic rings. The fraction of sp³-hybridized carbons (Fsp3) is 0.742. The number of amides is 1. The predicted octanol–water partition coefficient (Wildman–Crippen LogP) is 17.9. The second kappa shape index (κ2) is 55.0. The fourth-order valence-electron chi connectivity index (χ4n) is 8.41. The molecule has 0 saturated carbocycles. The Labute approximate surface area is 421 Å². The van der Waals surface area contributed by atoms with Crippen LogP contribution in [0.3, 0.4) is 0 Å². The number of rotatable bonds is 51. The standard InChI is InChI=1S/C62H109NO5/c1-4-7-10-13-16-19-22-25-28-31-33-36-39-42-45-48-51-54-60(65)59(57-64)63-61(66)56-58(53-50-47-44-41-38-35-32-29-26-23-20-17-14-11-8-5-2)68-62(67)55-52-49-46-43-40-37-34-30-27-24-21-18-15-12-9-6-3/h9,12,18,21,27,29-30,32,35,37-38,40,46,49,58-60,64-65H,4-8,10-11,13-17,19-20,22-26,28,31,33-34,36,39,41-45,47-48,50-57H2,1-3H3,(H,63,66)/b12-9+,21-18+,30-27+,32-29+,38-35+,40-37+,49-46+. The van der Waals surface area contributed by atoms with E-state index in [0.29, 0.717) is 19.3 Å². The highest BCUT2D eigenvalue weighted by atomic mass is 16.5. The summed E-state index contributed by atoms with van der Waals surface area (Å²) in [6.45, 7) is 6.36. The molecule has 68 heavy (non-hydrogen) atoms. The molecule has 0 aromatic heterocycles. The number of carbonyl (C=O) groups is 2. The van der Waals surface area contributed by atoms with Crippen LogP contribution < -0.4 is 5.32 Å². The van der Waals surface area contributed by atoms with Gasteiger partial charge in [-0.25, -0.2) is 0 Å². The SMILES string of the molecule is CC/C=C/C/C=C/C/C=C/C/C=C/C/C=C/CCC(=O)OC(CCCCC/C=C/C=C/CCCCCCCCC)CC(=O)NC(CO)C(O)CCCCCCCCCCCCCCCCCCC. The topological polar surface area (TPSA) is 95.9 Å². The van der Waals surface area contributed by atoms with Crippen LogP contribution in [0.15, 0.2) is 85.1 Å². The third-order valence-corrected chi connectivity index (χ3v) is 12.7. The Balaban J connectivity index is 4.69. The smallest absolute Gasteiger partial charge is 0.306 e. The van der Waals surface area contributed by atoms with Gasteiger partial charge in [-0.05, 0) is 83.5 Å². The average Bonchev–Trinajstić information content (AvgIpc) is 3.33. The summed E-state index contributed by atoms with van der Waals surface area (Å²) in [4.78, 5) is 26.2. The van der Waals surface area contributed by atoms with Crippen molar-refractivity contribution in [1.29, 1.82) is 0 Å². The quantitative estimate of drug-likeness (QED) is 0.0244. The first-order valence-corrected chi connectivity index (χ1v) is 28.8. The molecule has 0 saturated heterocycles. The lowest BCUT2D eigenvalue weighted by molar-refractivity contribution is -0.150. The highest BCUT2D eigenvalue weighted by Gasteiger charge is 2.24. The monoisotopic (exact) mass is 948 g/mol. The van der Waals surface area contributed by atoms with Gasteiger partial charge < -0.3 is 20.3 Å². The summed E-state index contributed by atoms with van der Waals surface area (Å²) in [6.07, 6.45) is 72.3. The fourth-order valence-corrected chi connectivity index (χ4v) is 8.41. The second-order valence-electron chi connectivity index (χ2n) is 19.3. The van der Waals surface area contributed by atoms with Crippen LogP contribution in [-0.2, 0) is 14.3 Å². The molecule has 392 valence electrons. The van der Waals surface area contributed by atoms with Crippen LogP contribution in [0.1, 0.15) is 271 Å². The number of allylic oxidation sites excluding steroid dienone is 14. The van der Waals surface area contributed by atoms with Crippen molar-refractivity contribution >= 4 is 11.9 Å². The molecule has 0 aliphatic carbocycles. The Hall–Kier alpha value is -2.96. The van der Waals surface area contributed by atoms with E-state index in [9.17, 15) is 19.8 Å². The van der Waals surface area contributed by atoms with E-state index < -0.39 is 18.2 Å². The lowest BCUT2D eigenvalue weighted by Gasteiger charge is -2.24. The minimum absolute atomic E-state index is 0.0270. The Morgan fingerprint density at radius 1 is 0.456 bits per heavy atom. The van der Waals surface area contributed by atoms with Gasteiger partial charge in [0.1, 0.15) is 6.10 Å². The highest BCUT2D eigenvalue weighted by molar-refractivity contribution is 5.77. The first-order chi connectivity index (χ1) is 33.5. The number of nitrogens with one attached hydrogen (secondary N) is 1. The highest BCUT2D eigenvalue weighted by Crippen LogP contribution is 2.17. The van der Waals surface area contributed by atoms with Crippen molar-refractivity contribution in [1.82, 2.24) is 5.32 Å². The molecule has 0 fully saturated rings. The van der Waals surface area contributed by atoms with Crippen LogP contribution in [0, 0.1) is 0 Å². The Morgan fingerprint density at radius 2 is 0.838 bits per heavy atom. The molecule has 3 atom stereocenters. The van der Waals surface area contributed by atoms with Crippen molar-refractivity contribution in [3.63, 3.8) is 0 Å². The Bertz CT molecular complexity index is 1290. The summed E-state index contributed by atoms with van der Waals surface area (Å²) in [5, 5.41) is 23.9. The summed E-state index contributed by atoms with van der Waals surface area (Å²) >= 11 is 0. The van der Waals surface area contributed by atoms with Gasteiger partial charge in [0.25, 0.3) is 0 Å². The number of unbranched alkanes of at least 4 members (excludes halogenated alkanes) is 26. The summed E-state index contributed by atoms with van der Waals surface area (Å²) in [5.41, 5.74) is 0. The van der Waals surface area contributed by atoms with Gasteiger partial charge in [-0.2, -0.15) is 0 Å². The molecule has 3 N–H and O–H groups in total. The third-order valence-electron chi connectivity index (χ3n) is 12.7. The van der Waals surface area contributed by atoms with E-state index in [2.05, 4.69) is 105 Å². The Kier molecular flexibility index (Phi) is 52.6. The summed E-state index contributed by atoms with van der Waals surface area (Å²) in [5.74, 6) is -0.598. The summed E-state index contributed by atoms with van der Waals surface area (Å²) < 4.78 is 5.90. The molecule has 0 spiro atoms. The maximum atomic E-state index is 13.3. The van der Waals surface area contributed by atoms with E-state index in [4.69, 9.17) is 4.74 Å². The largest absolute Gasteiger partial charge is 0.462 e.